The van der Waals surface area contributed by atoms with E-state index in [0.717, 1.165) is 35.3 Å². The SMILES string of the molecule is Cn1cccc1C=C1SC(=O)N(CC(=O)NCCCn2ccnc2)C1=O. The molecule has 2 aromatic heterocycles. The minimum atomic E-state index is -0.435. The van der Waals surface area contributed by atoms with Crippen molar-refractivity contribution in [2.24, 2.45) is 7.05 Å². The molecule has 1 aliphatic heterocycles. The zero-order valence-electron chi connectivity index (χ0n) is 14.3. The molecule has 26 heavy (non-hydrogen) atoms. The molecule has 1 fully saturated rings. The van der Waals surface area contributed by atoms with E-state index in [1.807, 2.05) is 40.7 Å². The molecular weight excluding hydrogens is 354 g/mol. The molecule has 0 saturated carbocycles. The van der Waals surface area contributed by atoms with E-state index in [4.69, 9.17) is 0 Å². The van der Waals surface area contributed by atoms with Crippen LogP contribution >= 0.6 is 11.8 Å². The van der Waals surface area contributed by atoms with E-state index in [1.54, 1.807) is 18.6 Å². The van der Waals surface area contributed by atoms with Crippen molar-refractivity contribution in [3.05, 3.63) is 47.6 Å². The van der Waals surface area contributed by atoms with Gasteiger partial charge in [-0.3, -0.25) is 19.3 Å². The Labute approximate surface area is 154 Å². The molecule has 0 bridgehead atoms. The summed E-state index contributed by atoms with van der Waals surface area (Å²) in [6.45, 7) is 0.938. The smallest absolute Gasteiger partial charge is 0.294 e. The normalized spacial score (nSPS) is 15.9. The fourth-order valence-electron chi connectivity index (χ4n) is 2.50. The summed E-state index contributed by atoms with van der Waals surface area (Å²) in [6, 6.07) is 3.70. The lowest BCUT2D eigenvalue weighted by Gasteiger charge is -2.12. The molecule has 3 rings (SSSR count). The molecule has 8 nitrogen and oxygen atoms in total. The number of nitrogens with zero attached hydrogens (tertiary/aromatic N) is 4. The van der Waals surface area contributed by atoms with Crippen LogP contribution in [0.3, 0.4) is 0 Å². The van der Waals surface area contributed by atoms with Crippen LogP contribution in [-0.4, -0.2) is 49.2 Å². The zero-order valence-corrected chi connectivity index (χ0v) is 15.1. The maximum absolute atomic E-state index is 12.4. The number of imide groups is 1. The largest absolute Gasteiger partial charge is 0.354 e. The Balaban J connectivity index is 1.50. The summed E-state index contributed by atoms with van der Waals surface area (Å²) in [5.41, 5.74) is 0.819. The van der Waals surface area contributed by atoms with Crippen molar-refractivity contribution >= 4 is 34.9 Å². The lowest BCUT2D eigenvalue weighted by Crippen LogP contribution is -2.39. The van der Waals surface area contributed by atoms with Crippen molar-refractivity contribution in [2.75, 3.05) is 13.1 Å². The number of carbonyl (C=O) groups excluding carboxylic acids is 3. The molecule has 0 unspecified atom stereocenters. The molecule has 3 amide bonds. The van der Waals surface area contributed by atoms with Gasteiger partial charge in [-0.15, -0.1) is 0 Å². The summed E-state index contributed by atoms with van der Waals surface area (Å²) in [5.74, 6) is -0.784. The molecule has 1 aliphatic rings. The van der Waals surface area contributed by atoms with Crippen LogP contribution < -0.4 is 5.32 Å². The number of thioether (sulfide) groups is 1. The van der Waals surface area contributed by atoms with Gasteiger partial charge in [-0.2, -0.15) is 0 Å². The third kappa shape index (κ3) is 4.23. The van der Waals surface area contributed by atoms with Crippen molar-refractivity contribution in [3.63, 3.8) is 0 Å². The van der Waals surface area contributed by atoms with Gasteiger partial charge in [0.15, 0.2) is 0 Å². The van der Waals surface area contributed by atoms with Crippen molar-refractivity contribution in [2.45, 2.75) is 13.0 Å². The maximum atomic E-state index is 12.4. The van der Waals surface area contributed by atoms with Gasteiger partial charge in [0, 0.05) is 44.4 Å². The van der Waals surface area contributed by atoms with Crippen molar-refractivity contribution in [3.8, 4) is 0 Å². The van der Waals surface area contributed by atoms with E-state index in [9.17, 15) is 14.4 Å². The summed E-state index contributed by atoms with van der Waals surface area (Å²) in [4.78, 5) is 41.7. The van der Waals surface area contributed by atoms with E-state index in [2.05, 4.69) is 10.3 Å². The van der Waals surface area contributed by atoms with Crippen LogP contribution in [0.1, 0.15) is 12.1 Å². The van der Waals surface area contributed by atoms with Gasteiger partial charge in [0.1, 0.15) is 6.54 Å². The number of carbonyl (C=O) groups is 3. The number of nitrogens with one attached hydrogen (secondary N) is 1. The van der Waals surface area contributed by atoms with Crippen molar-refractivity contribution in [1.82, 2.24) is 24.3 Å². The second-order valence-electron chi connectivity index (χ2n) is 5.82. The van der Waals surface area contributed by atoms with Crippen LogP contribution in [0.4, 0.5) is 4.79 Å². The fraction of sp³-hybridized carbons (Fsp3) is 0.294. The molecule has 0 atom stereocenters. The number of aromatic nitrogens is 3. The molecule has 1 saturated heterocycles. The van der Waals surface area contributed by atoms with Gasteiger partial charge >= 0.3 is 0 Å². The van der Waals surface area contributed by atoms with Crippen LogP contribution in [0.15, 0.2) is 42.0 Å². The summed E-state index contributed by atoms with van der Waals surface area (Å²) in [6.07, 6.45) is 9.50. The average molecular weight is 373 g/mol. The molecule has 0 aliphatic carbocycles. The minimum Gasteiger partial charge on any atom is -0.354 e. The molecule has 3 heterocycles. The quantitative estimate of drug-likeness (QED) is 0.586. The second kappa shape index (κ2) is 8.05. The maximum Gasteiger partial charge on any atom is 0.294 e. The van der Waals surface area contributed by atoms with Crippen molar-refractivity contribution in [1.29, 1.82) is 0 Å². The highest BCUT2D eigenvalue weighted by atomic mass is 32.2. The van der Waals surface area contributed by atoms with Gasteiger partial charge in [0.05, 0.1) is 11.2 Å². The molecule has 9 heteroatoms. The molecule has 1 N–H and O–H groups in total. The average Bonchev–Trinajstić information content (AvgIpc) is 3.32. The van der Waals surface area contributed by atoms with Crippen LogP contribution in [0.25, 0.3) is 6.08 Å². The highest BCUT2D eigenvalue weighted by Gasteiger charge is 2.36. The highest BCUT2D eigenvalue weighted by Crippen LogP contribution is 2.31. The first-order valence-corrected chi connectivity index (χ1v) is 8.95. The Morgan fingerprint density at radius 1 is 1.35 bits per heavy atom. The first-order valence-electron chi connectivity index (χ1n) is 8.14. The van der Waals surface area contributed by atoms with Gasteiger partial charge in [-0.1, -0.05) is 0 Å². The molecule has 2 aromatic rings. The van der Waals surface area contributed by atoms with Gasteiger partial charge in [0.2, 0.25) is 5.91 Å². The third-order valence-corrected chi connectivity index (χ3v) is 4.82. The highest BCUT2D eigenvalue weighted by molar-refractivity contribution is 8.18. The zero-order chi connectivity index (χ0) is 18.5. The van der Waals surface area contributed by atoms with Gasteiger partial charge in [-0.25, -0.2) is 4.98 Å². The van der Waals surface area contributed by atoms with E-state index in [-0.39, 0.29) is 12.5 Å². The molecular formula is C17H19N5O3S. The molecule has 0 aromatic carbocycles. The Morgan fingerprint density at radius 2 is 2.19 bits per heavy atom. The van der Waals surface area contributed by atoms with E-state index < -0.39 is 11.1 Å². The topological polar surface area (TPSA) is 89.2 Å². The van der Waals surface area contributed by atoms with Gasteiger partial charge in [0.25, 0.3) is 11.1 Å². The molecule has 136 valence electrons. The third-order valence-electron chi connectivity index (χ3n) is 3.91. The predicted octanol–water partition coefficient (Wildman–Crippen LogP) is 1.46. The summed E-state index contributed by atoms with van der Waals surface area (Å²) in [5, 5.41) is 2.30. The number of rotatable bonds is 7. The lowest BCUT2D eigenvalue weighted by molar-refractivity contribution is -0.129. The Hall–Kier alpha value is -2.81. The molecule has 0 radical (unpaired) electrons. The minimum absolute atomic E-state index is 0.264. The first kappa shape index (κ1) is 18.0. The van der Waals surface area contributed by atoms with E-state index in [0.29, 0.717) is 11.4 Å². The Morgan fingerprint density at radius 3 is 2.88 bits per heavy atom. The number of imidazole rings is 1. The monoisotopic (exact) mass is 373 g/mol. The van der Waals surface area contributed by atoms with E-state index >= 15 is 0 Å². The molecule has 0 spiro atoms. The van der Waals surface area contributed by atoms with Crippen LogP contribution in [0, 0.1) is 0 Å². The second-order valence-corrected chi connectivity index (χ2v) is 6.81. The van der Waals surface area contributed by atoms with Gasteiger partial charge < -0.3 is 14.5 Å². The van der Waals surface area contributed by atoms with Crippen LogP contribution in [0.5, 0.6) is 0 Å². The van der Waals surface area contributed by atoms with Gasteiger partial charge in [-0.05, 0) is 36.4 Å². The summed E-state index contributed by atoms with van der Waals surface area (Å²) in [7, 11) is 1.85. The fourth-order valence-corrected chi connectivity index (χ4v) is 3.33. The lowest BCUT2D eigenvalue weighted by atomic mass is 10.3. The number of hydrogen-bond donors (Lipinski definition) is 1. The number of aryl methyl sites for hydroxylation is 2. The summed E-state index contributed by atoms with van der Waals surface area (Å²) >= 11 is 0.852. The van der Waals surface area contributed by atoms with E-state index in [1.165, 1.54) is 0 Å². The van der Waals surface area contributed by atoms with Crippen LogP contribution in [0.2, 0.25) is 0 Å². The number of hydrogen-bond acceptors (Lipinski definition) is 5. The first-order chi connectivity index (χ1) is 12.5. The van der Waals surface area contributed by atoms with Crippen LogP contribution in [-0.2, 0) is 23.2 Å². The predicted molar refractivity (Wildman–Crippen MR) is 97.9 cm³/mol. The van der Waals surface area contributed by atoms with Crippen molar-refractivity contribution < 1.29 is 14.4 Å². The summed E-state index contributed by atoms with van der Waals surface area (Å²) < 4.78 is 3.76. The Bertz CT molecular complexity index is 840. The number of amides is 3. The standard InChI is InChI=1S/C17H19N5O3S/c1-20-7-2-4-13(20)10-14-16(24)22(17(25)26-14)11-15(23)19-5-3-8-21-9-6-18-12-21/h2,4,6-7,9-10,12H,3,5,8,11H2,1H3,(H,19,23). The Kier molecular flexibility index (Phi) is 5.57.